The molecule has 0 saturated carbocycles. The van der Waals surface area contributed by atoms with Crippen molar-refractivity contribution in [2.24, 2.45) is 5.92 Å². The summed E-state index contributed by atoms with van der Waals surface area (Å²) in [6.45, 7) is 0.829. The van der Waals surface area contributed by atoms with Crippen LogP contribution in [-0.2, 0) is 4.79 Å². The minimum absolute atomic E-state index is 0.116. The first-order valence-corrected chi connectivity index (χ1v) is 13.3. The summed E-state index contributed by atoms with van der Waals surface area (Å²) in [5.41, 5.74) is -0.606. The van der Waals surface area contributed by atoms with Crippen LogP contribution in [0.2, 0.25) is 0 Å². The summed E-state index contributed by atoms with van der Waals surface area (Å²) in [4.78, 5) is 19.3. The van der Waals surface area contributed by atoms with Crippen LogP contribution < -0.4 is 19.7 Å². The van der Waals surface area contributed by atoms with Crippen molar-refractivity contribution >= 4 is 17.4 Å². The number of ether oxygens (including phenoxy) is 2. The predicted molar refractivity (Wildman–Crippen MR) is 150 cm³/mol. The lowest BCUT2D eigenvalue weighted by Gasteiger charge is -2.36. The molecule has 1 atom stereocenters. The molecular weight excluding hydrogens is 513 g/mol. The fourth-order valence-electron chi connectivity index (χ4n) is 4.64. The van der Waals surface area contributed by atoms with Crippen LogP contribution in [0.3, 0.4) is 0 Å². The minimum Gasteiger partial charge on any atom is -0.490 e. The summed E-state index contributed by atoms with van der Waals surface area (Å²) >= 11 is 0. The van der Waals surface area contributed by atoms with Gasteiger partial charge in [0.15, 0.2) is 6.29 Å². The SMILES string of the molecule is O=C(Nc1ccc(N2CCC(F)(COc3cccc(C(O)O)c3)CC2)nc1)C1C=CC(Oc2ccccc2)=CC1. The molecule has 9 heteroatoms. The number of alkyl halides is 1. The Morgan fingerprint density at radius 3 is 2.52 bits per heavy atom. The molecule has 3 N–H and O–H groups in total. The highest BCUT2D eigenvalue weighted by Gasteiger charge is 2.36. The number of piperidine rings is 1. The van der Waals surface area contributed by atoms with Crippen LogP contribution in [0.1, 0.15) is 31.1 Å². The first-order valence-electron chi connectivity index (χ1n) is 13.3. The van der Waals surface area contributed by atoms with Crippen molar-refractivity contribution in [2.75, 3.05) is 29.9 Å². The van der Waals surface area contributed by atoms with E-state index in [2.05, 4.69) is 10.3 Å². The van der Waals surface area contributed by atoms with Crippen molar-refractivity contribution in [3.63, 3.8) is 0 Å². The average Bonchev–Trinajstić information content (AvgIpc) is 2.98. The largest absolute Gasteiger partial charge is 0.490 e. The Morgan fingerprint density at radius 2 is 1.85 bits per heavy atom. The lowest BCUT2D eigenvalue weighted by molar-refractivity contribution is -0.118. The number of benzene rings is 2. The number of pyridine rings is 1. The van der Waals surface area contributed by atoms with Crippen LogP contribution in [0.25, 0.3) is 0 Å². The number of nitrogens with one attached hydrogen (secondary N) is 1. The molecule has 3 aromatic rings. The Morgan fingerprint density at radius 1 is 1.07 bits per heavy atom. The normalized spacial score (nSPS) is 18.2. The van der Waals surface area contributed by atoms with Crippen molar-refractivity contribution < 1.29 is 28.9 Å². The second kappa shape index (κ2) is 12.3. The van der Waals surface area contributed by atoms with E-state index in [1.165, 1.54) is 6.07 Å². The third kappa shape index (κ3) is 7.05. The predicted octanol–water partition coefficient (Wildman–Crippen LogP) is 4.93. The lowest BCUT2D eigenvalue weighted by Crippen LogP contribution is -2.45. The van der Waals surface area contributed by atoms with Gasteiger partial charge in [-0.3, -0.25) is 4.79 Å². The maximum Gasteiger partial charge on any atom is 0.231 e. The molecule has 2 heterocycles. The number of aromatic nitrogens is 1. The second-order valence-corrected chi connectivity index (χ2v) is 9.99. The molecule has 8 nitrogen and oxygen atoms in total. The lowest BCUT2D eigenvalue weighted by atomic mass is 9.94. The van der Waals surface area contributed by atoms with Crippen molar-refractivity contribution in [1.29, 1.82) is 0 Å². The Balaban J connectivity index is 1.08. The number of anilines is 2. The number of amides is 1. The van der Waals surface area contributed by atoms with E-state index in [1.54, 1.807) is 30.5 Å². The molecular formula is C31H32FN3O5. The molecule has 1 amide bonds. The summed E-state index contributed by atoms with van der Waals surface area (Å²) in [5, 5.41) is 21.5. The number of para-hydroxylation sites is 1. The van der Waals surface area contributed by atoms with E-state index < -0.39 is 12.0 Å². The fraction of sp³-hybridized carbons (Fsp3) is 0.290. The zero-order valence-electron chi connectivity index (χ0n) is 21.9. The molecule has 0 bridgehead atoms. The number of hydrogen-bond donors (Lipinski definition) is 3. The first-order chi connectivity index (χ1) is 19.4. The van der Waals surface area contributed by atoms with Gasteiger partial charge in [0.2, 0.25) is 5.91 Å². The summed E-state index contributed by atoms with van der Waals surface area (Å²) in [7, 11) is 0. The van der Waals surface area contributed by atoms with Gasteiger partial charge in [-0.1, -0.05) is 36.4 Å². The molecule has 1 aromatic heterocycles. The maximum atomic E-state index is 15.4. The number of allylic oxidation sites excluding steroid dienone is 2. The zero-order chi connectivity index (χ0) is 28.0. The summed E-state index contributed by atoms with van der Waals surface area (Å²) in [6.07, 6.45) is 6.64. The number of nitrogens with zero attached hydrogens (tertiary/aromatic N) is 2. The highest BCUT2D eigenvalue weighted by molar-refractivity contribution is 5.94. The molecule has 0 radical (unpaired) electrons. The molecule has 5 rings (SSSR count). The van der Waals surface area contributed by atoms with Crippen molar-refractivity contribution in [3.05, 3.63) is 102 Å². The van der Waals surface area contributed by atoms with Crippen LogP contribution in [0.5, 0.6) is 11.5 Å². The molecule has 2 aliphatic rings. The monoisotopic (exact) mass is 545 g/mol. The van der Waals surface area contributed by atoms with Gasteiger partial charge in [-0.05, 0) is 55.0 Å². The number of carbonyl (C=O) groups excluding carboxylic acids is 1. The van der Waals surface area contributed by atoms with Crippen LogP contribution in [0, 0.1) is 5.92 Å². The van der Waals surface area contributed by atoms with Gasteiger partial charge in [-0.2, -0.15) is 0 Å². The Bertz CT molecular complexity index is 1350. The van der Waals surface area contributed by atoms with Crippen LogP contribution in [0.15, 0.2) is 96.9 Å². The van der Waals surface area contributed by atoms with E-state index in [-0.39, 0.29) is 31.3 Å². The molecule has 1 saturated heterocycles. The van der Waals surface area contributed by atoms with Gasteiger partial charge in [-0.15, -0.1) is 0 Å². The number of aliphatic hydroxyl groups is 2. The highest BCUT2D eigenvalue weighted by Crippen LogP contribution is 2.31. The molecule has 2 aromatic carbocycles. The molecule has 1 aliphatic carbocycles. The Labute approximate surface area is 232 Å². The first kappa shape index (κ1) is 27.4. The van der Waals surface area contributed by atoms with Crippen LogP contribution >= 0.6 is 0 Å². The average molecular weight is 546 g/mol. The number of aliphatic hydroxyl groups excluding tert-OH is 1. The topological polar surface area (TPSA) is 104 Å². The summed E-state index contributed by atoms with van der Waals surface area (Å²) in [6, 6.07) is 19.5. The van der Waals surface area contributed by atoms with E-state index >= 15 is 4.39 Å². The number of carbonyl (C=O) groups is 1. The molecule has 1 unspecified atom stereocenters. The van der Waals surface area contributed by atoms with Gasteiger partial charge < -0.3 is 29.9 Å². The van der Waals surface area contributed by atoms with Crippen LogP contribution in [-0.4, -0.2) is 46.5 Å². The van der Waals surface area contributed by atoms with Crippen LogP contribution in [0.4, 0.5) is 15.9 Å². The molecule has 208 valence electrons. The van der Waals surface area contributed by atoms with Crippen molar-refractivity contribution in [1.82, 2.24) is 4.98 Å². The molecule has 40 heavy (non-hydrogen) atoms. The van der Waals surface area contributed by atoms with E-state index in [0.717, 1.165) is 5.75 Å². The quantitative estimate of drug-likeness (QED) is 0.328. The van der Waals surface area contributed by atoms with E-state index in [0.29, 0.717) is 48.1 Å². The van der Waals surface area contributed by atoms with Gasteiger partial charge in [0.1, 0.15) is 35.4 Å². The number of rotatable bonds is 9. The van der Waals surface area contributed by atoms with Gasteiger partial charge in [0.05, 0.1) is 17.8 Å². The summed E-state index contributed by atoms with van der Waals surface area (Å²) in [5.74, 6) is 2.14. The molecule has 1 aliphatic heterocycles. The van der Waals surface area contributed by atoms with Gasteiger partial charge >= 0.3 is 0 Å². The smallest absolute Gasteiger partial charge is 0.231 e. The van der Waals surface area contributed by atoms with Gasteiger partial charge in [0.25, 0.3) is 0 Å². The van der Waals surface area contributed by atoms with Gasteiger partial charge in [0, 0.05) is 31.5 Å². The second-order valence-electron chi connectivity index (χ2n) is 9.99. The van der Waals surface area contributed by atoms with E-state index in [1.807, 2.05) is 59.5 Å². The third-order valence-electron chi connectivity index (χ3n) is 7.03. The highest BCUT2D eigenvalue weighted by atomic mass is 19.1. The minimum atomic E-state index is -1.60. The van der Waals surface area contributed by atoms with E-state index in [4.69, 9.17) is 9.47 Å². The fourth-order valence-corrected chi connectivity index (χ4v) is 4.64. The van der Waals surface area contributed by atoms with Crippen molar-refractivity contribution in [2.45, 2.75) is 31.2 Å². The number of halogens is 1. The maximum absolute atomic E-state index is 15.4. The zero-order valence-corrected chi connectivity index (χ0v) is 21.9. The molecule has 0 spiro atoms. The molecule has 1 fully saturated rings. The van der Waals surface area contributed by atoms with Gasteiger partial charge in [-0.25, -0.2) is 9.37 Å². The number of hydrogen-bond acceptors (Lipinski definition) is 7. The summed E-state index contributed by atoms with van der Waals surface area (Å²) < 4.78 is 26.8. The van der Waals surface area contributed by atoms with Crippen molar-refractivity contribution in [3.8, 4) is 11.5 Å². The Kier molecular flexibility index (Phi) is 8.42. The third-order valence-corrected chi connectivity index (χ3v) is 7.03. The Hall–Kier alpha value is -4.21. The standard InChI is InChI=1S/C31H32FN3O5/c32-31(21-39-27-8-4-5-23(19-27)30(37)38)15-17-35(18-16-31)28-14-11-24(20-33-28)34-29(36)22-9-12-26(13-10-22)40-25-6-2-1-3-7-25/h1-9,11-14,19-20,22,30,37-38H,10,15-18,21H2,(H,34,36). The van der Waals surface area contributed by atoms with E-state index in [9.17, 15) is 15.0 Å².